The number of hydrogen-bond acceptors (Lipinski definition) is 2. The van der Waals surface area contributed by atoms with E-state index in [0.29, 0.717) is 12.5 Å². The summed E-state index contributed by atoms with van der Waals surface area (Å²) in [4.78, 5) is 2.45. The fraction of sp³-hybridized carbons (Fsp3) is 0.600. The van der Waals surface area contributed by atoms with Crippen LogP contribution in [-0.2, 0) is 13.0 Å². The van der Waals surface area contributed by atoms with Crippen LogP contribution in [0, 0.1) is 0 Å². The van der Waals surface area contributed by atoms with Crippen molar-refractivity contribution >= 4 is 0 Å². The van der Waals surface area contributed by atoms with Gasteiger partial charge in [-0.25, -0.2) is 0 Å². The van der Waals surface area contributed by atoms with E-state index in [9.17, 15) is 0 Å². The molecule has 0 saturated heterocycles. The molecule has 1 aliphatic heterocycles. The average Bonchev–Trinajstić information content (AvgIpc) is 2.35. The van der Waals surface area contributed by atoms with Crippen molar-refractivity contribution in [2.75, 3.05) is 19.7 Å². The van der Waals surface area contributed by atoms with Gasteiger partial charge in [-0.1, -0.05) is 32.0 Å². The fourth-order valence-corrected chi connectivity index (χ4v) is 2.48. The van der Waals surface area contributed by atoms with Gasteiger partial charge in [-0.3, -0.25) is 4.90 Å². The van der Waals surface area contributed by atoms with E-state index in [1.165, 1.54) is 16.7 Å². The van der Waals surface area contributed by atoms with E-state index >= 15 is 0 Å². The van der Waals surface area contributed by atoms with Crippen LogP contribution in [0.5, 0.6) is 0 Å². The quantitative estimate of drug-likeness (QED) is 0.864. The summed E-state index contributed by atoms with van der Waals surface area (Å²) in [6, 6.07) is 6.94. The minimum Gasteiger partial charge on any atom is -0.396 e. The third-order valence-corrected chi connectivity index (χ3v) is 3.62. The zero-order valence-electron chi connectivity index (χ0n) is 10.9. The van der Waals surface area contributed by atoms with Crippen LogP contribution in [0.3, 0.4) is 0 Å². The molecule has 1 N–H and O–H groups in total. The molecule has 94 valence electrons. The maximum atomic E-state index is 8.88. The molecule has 0 radical (unpaired) electrons. The highest BCUT2D eigenvalue weighted by molar-refractivity contribution is 5.35. The summed E-state index contributed by atoms with van der Waals surface area (Å²) in [5, 5.41) is 8.88. The Bertz CT molecular complexity index is 373. The van der Waals surface area contributed by atoms with Crippen molar-refractivity contribution in [2.45, 2.75) is 39.2 Å². The standard InChI is InChI=1S/C15H23NO/c1-12(2)14-5-4-13-6-8-16(7-3-9-17)11-15(13)10-14/h4-5,10,12,17H,3,6-9,11H2,1-2H3. The monoisotopic (exact) mass is 233 g/mol. The van der Waals surface area contributed by atoms with Gasteiger partial charge in [-0.15, -0.1) is 0 Å². The van der Waals surface area contributed by atoms with Crippen LogP contribution in [0.2, 0.25) is 0 Å². The molecular weight excluding hydrogens is 210 g/mol. The molecule has 0 saturated carbocycles. The van der Waals surface area contributed by atoms with E-state index in [1.54, 1.807) is 0 Å². The lowest BCUT2D eigenvalue weighted by atomic mass is 9.93. The minimum absolute atomic E-state index is 0.301. The fourth-order valence-electron chi connectivity index (χ4n) is 2.48. The third kappa shape index (κ3) is 3.08. The van der Waals surface area contributed by atoms with E-state index < -0.39 is 0 Å². The predicted molar refractivity (Wildman–Crippen MR) is 71.2 cm³/mol. The Kier molecular flexibility index (Phi) is 4.19. The third-order valence-electron chi connectivity index (χ3n) is 3.62. The second kappa shape index (κ2) is 5.65. The first-order chi connectivity index (χ1) is 8.20. The topological polar surface area (TPSA) is 23.5 Å². The molecule has 1 aliphatic rings. The van der Waals surface area contributed by atoms with E-state index in [1.807, 2.05) is 0 Å². The lowest BCUT2D eigenvalue weighted by Crippen LogP contribution is -2.31. The van der Waals surface area contributed by atoms with Gasteiger partial charge in [0.1, 0.15) is 0 Å². The Hall–Kier alpha value is -0.860. The maximum absolute atomic E-state index is 8.88. The van der Waals surface area contributed by atoms with Gasteiger partial charge in [-0.05, 0) is 35.4 Å². The maximum Gasteiger partial charge on any atom is 0.0443 e. The van der Waals surface area contributed by atoms with Crippen LogP contribution < -0.4 is 0 Å². The molecular formula is C15H23NO. The summed E-state index contributed by atoms with van der Waals surface area (Å²) in [6.07, 6.45) is 2.04. The van der Waals surface area contributed by atoms with Gasteiger partial charge in [0.2, 0.25) is 0 Å². The van der Waals surface area contributed by atoms with Crippen LogP contribution >= 0.6 is 0 Å². The van der Waals surface area contributed by atoms with Gasteiger partial charge in [0.15, 0.2) is 0 Å². The smallest absolute Gasteiger partial charge is 0.0443 e. The van der Waals surface area contributed by atoms with E-state index in [4.69, 9.17) is 5.11 Å². The van der Waals surface area contributed by atoms with Gasteiger partial charge < -0.3 is 5.11 Å². The number of benzene rings is 1. The zero-order chi connectivity index (χ0) is 12.3. The molecule has 1 aromatic rings. The molecule has 0 spiro atoms. The molecule has 0 aliphatic carbocycles. The largest absolute Gasteiger partial charge is 0.396 e. The zero-order valence-corrected chi connectivity index (χ0v) is 10.9. The molecule has 2 rings (SSSR count). The molecule has 1 heterocycles. The molecule has 0 amide bonds. The second-order valence-corrected chi connectivity index (χ2v) is 5.29. The summed E-state index contributed by atoms with van der Waals surface area (Å²) in [6.45, 7) is 7.99. The molecule has 0 fully saturated rings. The first-order valence-corrected chi connectivity index (χ1v) is 6.65. The molecule has 1 aromatic carbocycles. The van der Waals surface area contributed by atoms with Crippen molar-refractivity contribution < 1.29 is 5.11 Å². The normalized spacial score (nSPS) is 16.2. The first-order valence-electron chi connectivity index (χ1n) is 6.65. The number of nitrogens with zero attached hydrogens (tertiary/aromatic N) is 1. The highest BCUT2D eigenvalue weighted by atomic mass is 16.3. The summed E-state index contributed by atoms with van der Waals surface area (Å²) in [7, 11) is 0. The Balaban J connectivity index is 2.09. The van der Waals surface area contributed by atoms with Crippen molar-refractivity contribution in [2.24, 2.45) is 0 Å². The Morgan fingerprint density at radius 2 is 2.12 bits per heavy atom. The van der Waals surface area contributed by atoms with Gasteiger partial charge in [0.05, 0.1) is 0 Å². The number of fused-ring (bicyclic) bond motifs is 1. The van der Waals surface area contributed by atoms with E-state index in [2.05, 4.69) is 36.9 Å². The Morgan fingerprint density at radius 1 is 1.29 bits per heavy atom. The summed E-state index contributed by atoms with van der Waals surface area (Å²) in [5.74, 6) is 0.605. The first kappa shape index (κ1) is 12.6. The van der Waals surface area contributed by atoms with Crippen molar-refractivity contribution in [1.29, 1.82) is 0 Å². The molecule has 0 unspecified atom stereocenters. The molecule has 0 bridgehead atoms. The average molecular weight is 233 g/mol. The molecule has 2 heteroatoms. The van der Waals surface area contributed by atoms with Crippen LogP contribution in [0.1, 0.15) is 42.9 Å². The van der Waals surface area contributed by atoms with Crippen LogP contribution in [0.4, 0.5) is 0 Å². The van der Waals surface area contributed by atoms with E-state index in [-0.39, 0.29) is 0 Å². The number of aliphatic hydroxyl groups is 1. The lowest BCUT2D eigenvalue weighted by molar-refractivity contribution is 0.212. The minimum atomic E-state index is 0.301. The highest BCUT2D eigenvalue weighted by Gasteiger charge is 2.16. The Morgan fingerprint density at radius 3 is 2.82 bits per heavy atom. The Labute approximate surface area is 104 Å². The van der Waals surface area contributed by atoms with Crippen LogP contribution in [0.25, 0.3) is 0 Å². The van der Waals surface area contributed by atoms with Gasteiger partial charge in [-0.2, -0.15) is 0 Å². The van der Waals surface area contributed by atoms with Gasteiger partial charge >= 0.3 is 0 Å². The van der Waals surface area contributed by atoms with Crippen molar-refractivity contribution in [3.63, 3.8) is 0 Å². The van der Waals surface area contributed by atoms with Gasteiger partial charge in [0.25, 0.3) is 0 Å². The molecule has 0 atom stereocenters. The van der Waals surface area contributed by atoms with Crippen LogP contribution in [0.15, 0.2) is 18.2 Å². The summed E-state index contributed by atoms with van der Waals surface area (Å²) < 4.78 is 0. The number of aliphatic hydroxyl groups excluding tert-OH is 1. The number of hydrogen-bond donors (Lipinski definition) is 1. The molecule has 0 aromatic heterocycles. The molecule has 17 heavy (non-hydrogen) atoms. The lowest BCUT2D eigenvalue weighted by Gasteiger charge is -2.29. The second-order valence-electron chi connectivity index (χ2n) is 5.29. The van der Waals surface area contributed by atoms with E-state index in [0.717, 1.165) is 32.5 Å². The van der Waals surface area contributed by atoms with Gasteiger partial charge in [0, 0.05) is 26.2 Å². The highest BCUT2D eigenvalue weighted by Crippen LogP contribution is 2.23. The van der Waals surface area contributed by atoms with Crippen molar-refractivity contribution in [1.82, 2.24) is 4.90 Å². The van der Waals surface area contributed by atoms with Crippen molar-refractivity contribution in [3.05, 3.63) is 34.9 Å². The number of rotatable bonds is 4. The van der Waals surface area contributed by atoms with Crippen LogP contribution in [-0.4, -0.2) is 29.7 Å². The SMILES string of the molecule is CC(C)c1ccc2c(c1)CN(CCCO)CC2. The predicted octanol–water partition coefficient (Wildman–Crippen LogP) is 2.55. The van der Waals surface area contributed by atoms with Crippen molar-refractivity contribution in [3.8, 4) is 0 Å². The molecule has 2 nitrogen and oxygen atoms in total. The summed E-state index contributed by atoms with van der Waals surface area (Å²) in [5.41, 5.74) is 4.43. The summed E-state index contributed by atoms with van der Waals surface area (Å²) >= 11 is 0.